The van der Waals surface area contributed by atoms with Crippen molar-refractivity contribution in [2.45, 2.75) is 37.8 Å². The summed E-state index contributed by atoms with van der Waals surface area (Å²) in [6.45, 7) is 0.146. The van der Waals surface area contributed by atoms with Gasteiger partial charge in [-0.25, -0.2) is 0 Å². The van der Waals surface area contributed by atoms with Crippen LogP contribution in [-0.2, 0) is 4.79 Å². The molecule has 0 radical (unpaired) electrons. The van der Waals surface area contributed by atoms with Gasteiger partial charge in [0.05, 0.1) is 5.70 Å². The molecule has 0 saturated heterocycles. The fourth-order valence-corrected chi connectivity index (χ4v) is 4.49. The molecule has 1 atom stereocenters. The number of rotatable bonds is 5. The molecule has 2 heterocycles. The summed E-state index contributed by atoms with van der Waals surface area (Å²) < 4.78 is 1.76. The summed E-state index contributed by atoms with van der Waals surface area (Å²) in [4.78, 5) is 14.8. The largest absolute Gasteiger partial charge is 0.352 e. The van der Waals surface area contributed by atoms with Crippen molar-refractivity contribution in [2.24, 2.45) is 0 Å². The molecule has 2 aliphatic rings. The lowest BCUT2D eigenvalue weighted by molar-refractivity contribution is -0.120. The maximum atomic E-state index is 12.9. The first-order valence-corrected chi connectivity index (χ1v) is 10.9. The molecule has 8 heteroatoms. The van der Waals surface area contributed by atoms with Gasteiger partial charge in [-0.2, -0.15) is 4.68 Å². The second-order valence-electron chi connectivity index (χ2n) is 7.97. The van der Waals surface area contributed by atoms with Crippen LogP contribution in [0.4, 0.5) is 5.95 Å². The fourth-order valence-electron chi connectivity index (χ4n) is 4.37. The summed E-state index contributed by atoms with van der Waals surface area (Å²) in [5.74, 6) is 0.516. The number of aromatic nitrogens is 4. The summed E-state index contributed by atoms with van der Waals surface area (Å²) in [5.41, 5.74) is 2.90. The Morgan fingerprint density at radius 3 is 2.55 bits per heavy atom. The zero-order chi connectivity index (χ0) is 21.2. The van der Waals surface area contributed by atoms with Crippen LogP contribution in [0.1, 0.15) is 42.9 Å². The number of carbonyl (C=O) groups is 1. The monoisotopic (exact) mass is 434 g/mol. The zero-order valence-corrected chi connectivity index (χ0v) is 17.7. The van der Waals surface area contributed by atoms with Gasteiger partial charge in [-0.15, -0.1) is 0 Å². The van der Waals surface area contributed by atoms with Crippen LogP contribution in [0, 0.1) is 0 Å². The number of nitrogens with one attached hydrogen (secondary N) is 1. The lowest BCUT2D eigenvalue weighted by atomic mass is 10.0. The molecule has 1 aromatic heterocycles. The average Bonchev–Trinajstić information content (AvgIpc) is 3.47. The molecule has 7 nitrogen and oxygen atoms in total. The van der Waals surface area contributed by atoms with Gasteiger partial charge < -0.3 is 5.32 Å². The molecule has 0 spiro atoms. The predicted octanol–water partition coefficient (Wildman–Crippen LogP) is 3.84. The van der Waals surface area contributed by atoms with E-state index in [0.29, 0.717) is 11.0 Å². The quantitative estimate of drug-likeness (QED) is 0.660. The topological polar surface area (TPSA) is 75.9 Å². The number of carbonyl (C=O) groups excluding carboxylic acids is 1. The van der Waals surface area contributed by atoms with Crippen LogP contribution in [0.25, 0.3) is 5.70 Å². The van der Waals surface area contributed by atoms with E-state index < -0.39 is 0 Å². The first-order chi connectivity index (χ1) is 15.2. The zero-order valence-electron chi connectivity index (χ0n) is 17.0. The van der Waals surface area contributed by atoms with E-state index in [2.05, 4.69) is 39.1 Å². The predicted molar refractivity (Wildman–Crippen MR) is 120 cm³/mol. The normalized spacial score (nSPS) is 18.5. The highest BCUT2D eigenvalue weighted by molar-refractivity contribution is 6.30. The van der Waals surface area contributed by atoms with Gasteiger partial charge in [-0.1, -0.05) is 72.0 Å². The van der Waals surface area contributed by atoms with Crippen LogP contribution in [-0.4, -0.2) is 38.7 Å². The Labute approximate surface area is 185 Å². The van der Waals surface area contributed by atoms with Crippen molar-refractivity contribution in [3.63, 3.8) is 0 Å². The van der Waals surface area contributed by atoms with Crippen LogP contribution in [0.5, 0.6) is 0 Å². The van der Waals surface area contributed by atoms with Gasteiger partial charge in [0, 0.05) is 11.1 Å². The van der Waals surface area contributed by atoms with E-state index in [9.17, 15) is 4.79 Å². The van der Waals surface area contributed by atoms with E-state index in [-0.39, 0.29) is 24.5 Å². The van der Waals surface area contributed by atoms with Crippen LogP contribution in [0.3, 0.4) is 0 Å². The number of benzene rings is 2. The van der Waals surface area contributed by atoms with Gasteiger partial charge in [0.2, 0.25) is 5.91 Å². The van der Waals surface area contributed by atoms with Crippen molar-refractivity contribution < 1.29 is 4.79 Å². The molecule has 1 unspecified atom stereocenters. The molecule has 3 aromatic rings. The van der Waals surface area contributed by atoms with Gasteiger partial charge in [-0.3, -0.25) is 9.69 Å². The Kier molecular flexibility index (Phi) is 5.42. The summed E-state index contributed by atoms with van der Waals surface area (Å²) in [6, 6.07) is 17.8. The molecule has 1 fully saturated rings. The first kappa shape index (κ1) is 19.8. The molecule has 1 amide bonds. The number of tetrazole rings is 1. The maximum absolute atomic E-state index is 12.9. The number of allylic oxidation sites excluding steroid dienone is 1. The number of hydrogen-bond acceptors (Lipinski definition) is 5. The highest BCUT2D eigenvalue weighted by Gasteiger charge is 2.32. The summed E-state index contributed by atoms with van der Waals surface area (Å²) in [5, 5.41) is 16.3. The lowest BCUT2D eigenvalue weighted by Crippen LogP contribution is -2.42. The minimum absolute atomic E-state index is 0.0283. The second-order valence-corrected chi connectivity index (χ2v) is 8.41. The molecule has 1 N–H and O–H groups in total. The lowest BCUT2D eigenvalue weighted by Gasteiger charge is -2.32. The second kappa shape index (κ2) is 8.51. The number of fused-ring (bicyclic) bond motifs is 1. The number of amides is 1. The van der Waals surface area contributed by atoms with Crippen molar-refractivity contribution in [2.75, 3.05) is 11.4 Å². The highest BCUT2D eigenvalue weighted by Crippen LogP contribution is 2.36. The van der Waals surface area contributed by atoms with Crippen molar-refractivity contribution in [3.8, 4) is 0 Å². The van der Waals surface area contributed by atoms with E-state index >= 15 is 0 Å². The Morgan fingerprint density at radius 1 is 1.06 bits per heavy atom. The number of hydrogen-bond donors (Lipinski definition) is 1. The number of nitrogens with zero attached hydrogens (tertiary/aromatic N) is 5. The van der Waals surface area contributed by atoms with Gasteiger partial charge in [0.15, 0.2) is 0 Å². The van der Waals surface area contributed by atoms with Crippen molar-refractivity contribution in [1.82, 2.24) is 25.5 Å². The van der Waals surface area contributed by atoms with Gasteiger partial charge in [0.25, 0.3) is 5.95 Å². The van der Waals surface area contributed by atoms with Crippen molar-refractivity contribution >= 4 is 29.2 Å². The Hall–Kier alpha value is -3.19. The maximum Gasteiger partial charge on any atom is 0.251 e. The summed E-state index contributed by atoms with van der Waals surface area (Å²) in [7, 11) is 0. The Morgan fingerprint density at radius 2 is 1.81 bits per heavy atom. The van der Waals surface area contributed by atoms with E-state index in [1.807, 2.05) is 47.4 Å². The SMILES string of the molecule is O=C(CN1C(c2ccc(Cl)cc2)=CC(c2ccccc2)n2nnnc21)NC1CCCC1. The smallest absolute Gasteiger partial charge is 0.251 e. The molecular formula is C23H23ClN6O. The molecule has 0 bridgehead atoms. The van der Waals surface area contributed by atoms with Gasteiger partial charge in [0.1, 0.15) is 12.6 Å². The molecule has 2 aromatic carbocycles. The molecule has 158 valence electrons. The van der Waals surface area contributed by atoms with Crippen LogP contribution >= 0.6 is 11.6 Å². The van der Waals surface area contributed by atoms with E-state index in [1.165, 1.54) is 12.8 Å². The third kappa shape index (κ3) is 4.05. The molecular weight excluding hydrogens is 412 g/mol. The number of halogens is 1. The Bertz CT molecular complexity index is 1090. The van der Waals surface area contributed by atoms with E-state index in [1.54, 1.807) is 4.68 Å². The molecule has 31 heavy (non-hydrogen) atoms. The van der Waals surface area contributed by atoms with Crippen LogP contribution < -0.4 is 10.2 Å². The standard InChI is InChI=1S/C23H23ClN6O/c24-18-12-10-17(11-13-18)20-14-21(16-6-2-1-3-7-16)30-23(26-27-28-30)29(20)15-22(31)25-19-8-4-5-9-19/h1-3,6-7,10-14,19,21H,4-5,8-9,15H2,(H,25,31). The molecule has 1 saturated carbocycles. The van der Waals surface area contributed by atoms with Gasteiger partial charge >= 0.3 is 0 Å². The summed E-state index contributed by atoms with van der Waals surface area (Å²) in [6.07, 6.45) is 6.52. The van der Waals surface area contributed by atoms with Crippen molar-refractivity contribution in [3.05, 3.63) is 76.8 Å². The third-order valence-electron chi connectivity index (χ3n) is 5.89. The van der Waals surface area contributed by atoms with Crippen molar-refractivity contribution in [1.29, 1.82) is 0 Å². The minimum Gasteiger partial charge on any atom is -0.352 e. The van der Waals surface area contributed by atoms with Crippen LogP contribution in [0.2, 0.25) is 5.02 Å². The molecule has 1 aliphatic carbocycles. The minimum atomic E-state index is -0.175. The Balaban J connectivity index is 1.53. The molecule has 1 aliphatic heterocycles. The van der Waals surface area contributed by atoms with E-state index in [4.69, 9.17) is 11.6 Å². The van der Waals surface area contributed by atoms with Gasteiger partial charge in [-0.05, 0) is 52.6 Å². The van der Waals surface area contributed by atoms with Crippen LogP contribution in [0.15, 0.2) is 60.7 Å². The fraction of sp³-hybridized carbons (Fsp3) is 0.304. The highest BCUT2D eigenvalue weighted by atomic mass is 35.5. The molecule has 5 rings (SSSR count). The first-order valence-electron chi connectivity index (χ1n) is 10.6. The summed E-state index contributed by atoms with van der Waals surface area (Å²) >= 11 is 6.12. The average molecular weight is 435 g/mol. The van der Waals surface area contributed by atoms with E-state index in [0.717, 1.165) is 29.7 Å². The number of anilines is 1. The third-order valence-corrected chi connectivity index (χ3v) is 6.14.